The van der Waals surface area contributed by atoms with Crippen LogP contribution in [0.4, 0.5) is 5.82 Å². The summed E-state index contributed by atoms with van der Waals surface area (Å²) in [6.07, 6.45) is 1.87. The first-order chi connectivity index (χ1) is 8.40. The van der Waals surface area contributed by atoms with Gasteiger partial charge in [-0.3, -0.25) is 19.9 Å². The molecule has 9 nitrogen and oxygen atoms in total. The maximum atomic E-state index is 11.2. The molecule has 0 aliphatic carbocycles. The van der Waals surface area contributed by atoms with E-state index in [-0.39, 0.29) is 5.82 Å². The van der Waals surface area contributed by atoms with Gasteiger partial charge in [0.05, 0.1) is 25.4 Å². The van der Waals surface area contributed by atoms with Crippen LogP contribution in [0.25, 0.3) is 0 Å². The third-order valence-corrected chi connectivity index (χ3v) is 2.18. The summed E-state index contributed by atoms with van der Waals surface area (Å²) in [4.78, 5) is 34.3. The molecule has 1 heterocycles. The number of imidazole rings is 1. The highest BCUT2D eigenvalue weighted by Gasteiger charge is 2.17. The molecule has 0 aliphatic heterocycles. The molecule has 0 atom stereocenters. The monoisotopic (exact) mass is 280 g/mol. The van der Waals surface area contributed by atoms with Crippen molar-refractivity contribution >= 4 is 19.3 Å². The predicted molar refractivity (Wildman–Crippen MR) is 64.1 cm³/mol. The summed E-state index contributed by atoms with van der Waals surface area (Å²) in [6, 6.07) is 0. The van der Waals surface area contributed by atoms with Gasteiger partial charge in [-0.1, -0.05) is 13.8 Å². The lowest BCUT2D eigenvalue weighted by atomic mass is 10.5. The molecule has 0 spiro atoms. The molecule has 1 rings (SSSR count). The first-order valence-electron chi connectivity index (χ1n) is 5.15. The Bertz CT molecular complexity index is 390. The zero-order chi connectivity index (χ0) is 14.2. The van der Waals surface area contributed by atoms with Crippen LogP contribution in [0.3, 0.4) is 0 Å². The first kappa shape index (κ1) is 16.8. The van der Waals surface area contributed by atoms with Crippen LogP contribution in [-0.4, -0.2) is 43.7 Å². The molecule has 0 radical (unpaired) electrons. The summed E-state index contributed by atoms with van der Waals surface area (Å²) in [5.74, 6) is -0.694. The van der Waals surface area contributed by atoms with E-state index in [1.54, 1.807) is 0 Å². The number of hydrogen-bond donors (Lipinski definition) is 5. The van der Waals surface area contributed by atoms with Crippen LogP contribution in [0.5, 0.6) is 0 Å². The van der Waals surface area contributed by atoms with Crippen molar-refractivity contribution in [3.63, 3.8) is 0 Å². The molecule has 0 saturated carbocycles. The van der Waals surface area contributed by atoms with E-state index < -0.39 is 26.3 Å². The number of amides is 1. The number of anilines is 1. The summed E-state index contributed by atoms with van der Waals surface area (Å²) >= 11 is 0. The van der Waals surface area contributed by atoms with E-state index in [4.69, 9.17) is 9.79 Å². The number of H-pyrrole nitrogens is 1. The number of rotatable bonds is 5. The standard InChI is InChI=1S/C6H11N4O5P.C2H6/c11-6(2-8-4-16(13,14)15)10(12)5-1-7-3-9-5;1-2/h1,3,8,12H,2,4H2,(H,7,9)(H2,13,14,15);1-2H3. The van der Waals surface area contributed by atoms with Crippen molar-refractivity contribution in [1.29, 1.82) is 0 Å². The van der Waals surface area contributed by atoms with Crippen LogP contribution < -0.4 is 10.4 Å². The molecule has 18 heavy (non-hydrogen) atoms. The molecule has 10 heteroatoms. The van der Waals surface area contributed by atoms with E-state index in [2.05, 4.69) is 15.3 Å². The molecular formula is C8H17N4O5P. The maximum absolute atomic E-state index is 11.2. The van der Waals surface area contributed by atoms with Crippen molar-refractivity contribution in [2.45, 2.75) is 13.8 Å². The molecule has 0 unspecified atom stereocenters. The highest BCUT2D eigenvalue weighted by molar-refractivity contribution is 7.51. The van der Waals surface area contributed by atoms with Gasteiger partial charge in [0.25, 0.3) is 5.91 Å². The summed E-state index contributed by atoms with van der Waals surface area (Å²) in [6.45, 7) is 3.60. The van der Waals surface area contributed by atoms with Crippen LogP contribution in [0, 0.1) is 0 Å². The maximum Gasteiger partial charge on any atom is 0.339 e. The Morgan fingerprint density at radius 3 is 2.61 bits per heavy atom. The van der Waals surface area contributed by atoms with Crippen LogP contribution in [0.15, 0.2) is 12.5 Å². The molecule has 104 valence electrons. The normalized spacial score (nSPS) is 10.5. The fraction of sp³-hybridized carbons (Fsp3) is 0.500. The van der Waals surface area contributed by atoms with Crippen LogP contribution in [0.2, 0.25) is 0 Å². The number of hydrogen-bond acceptors (Lipinski definition) is 5. The molecule has 0 bridgehead atoms. The highest BCUT2D eigenvalue weighted by Crippen LogP contribution is 2.31. The van der Waals surface area contributed by atoms with Crippen molar-refractivity contribution in [2.75, 3.05) is 17.9 Å². The smallest absolute Gasteiger partial charge is 0.329 e. The van der Waals surface area contributed by atoms with Crippen LogP contribution in [0.1, 0.15) is 13.8 Å². The summed E-state index contributed by atoms with van der Waals surface area (Å²) in [5.41, 5.74) is 0. The van der Waals surface area contributed by atoms with Gasteiger partial charge in [-0.15, -0.1) is 0 Å². The average Bonchev–Trinajstić information content (AvgIpc) is 2.82. The number of hydroxylamine groups is 1. The Kier molecular flexibility index (Phi) is 7.41. The molecule has 5 N–H and O–H groups in total. The third kappa shape index (κ3) is 6.48. The quantitative estimate of drug-likeness (QED) is 0.288. The molecule has 0 fully saturated rings. The minimum Gasteiger partial charge on any atom is -0.329 e. The van der Waals surface area contributed by atoms with Gasteiger partial charge in [0, 0.05) is 0 Å². The number of aromatic nitrogens is 2. The molecular weight excluding hydrogens is 263 g/mol. The second kappa shape index (κ2) is 7.96. The Hall–Kier alpha value is -1.25. The van der Waals surface area contributed by atoms with Gasteiger partial charge < -0.3 is 14.8 Å². The minimum atomic E-state index is -4.20. The molecule has 0 aromatic carbocycles. The molecule has 1 amide bonds. The second-order valence-corrected chi connectivity index (χ2v) is 4.54. The van der Waals surface area contributed by atoms with Crippen molar-refractivity contribution in [1.82, 2.24) is 15.3 Å². The molecule has 0 aliphatic rings. The zero-order valence-electron chi connectivity index (χ0n) is 10.1. The lowest BCUT2D eigenvalue weighted by molar-refractivity contribution is -0.122. The Morgan fingerprint density at radius 1 is 1.56 bits per heavy atom. The van der Waals surface area contributed by atoms with Crippen molar-refractivity contribution in [2.24, 2.45) is 0 Å². The van der Waals surface area contributed by atoms with Crippen LogP contribution in [-0.2, 0) is 9.36 Å². The second-order valence-electron chi connectivity index (χ2n) is 2.89. The van der Waals surface area contributed by atoms with Gasteiger partial charge in [-0.2, -0.15) is 5.06 Å². The van der Waals surface area contributed by atoms with E-state index >= 15 is 0 Å². The minimum absolute atomic E-state index is 0.0722. The van der Waals surface area contributed by atoms with Crippen molar-refractivity contribution in [3.8, 4) is 0 Å². The van der Waals surface area contributed by atoms with E-state index in [9.17, 15) is 14.6 Å². The predicted octanol–water partition coefficient (Wildman–Crippen LogP) is -0.117. The van der Waals surface area contributed by atoms with Gasteiger partial charge in [0.15, 0.2) is 5.82 Å². The summed E-state index contributed by atoms with van der Waals surface area (Å²) in [7, 11) is -4.20. The topological polar surface area (TPSA) is 139 Å². The first-order valence-corrected chi connectivity index (χ1v) is 6.95. The lowest BCUT2D eigenvalue weighted by Crippen LogP contribution is -2.36. The SMILES string of the molecule is CC.O=C(CNCP(=O)(O)O)N(O)c1cnc[nH]1. The lowest BCUT2D eigenvalue weighted by Gasteiger charge is -2.12. The Labute approximate surface area is 104 Å². The van der Waals surface area contributed by atoms with Crippen molar-refractivity contribution in [3.05, 3.63) is 12.5 Å². The fourth-order valence-corrected chi connectivity index (χ4v) is 1.29. The highest BCUT2D eigenvalue weighted by atomic mass is 31.2. The van der Waals surface area contributed by atoms with Crippen LogP contribution >= 0.6 is 7.60 Å². The third-order valence-electron chi connectivity index (χ3n) is 1.54. The van der Waals surface area contributed by atoms with Gasteiger partial charge in [0.2, 0.25) is 0 Å². The van der Waals surface area contributed by atoms with Gasteiger partial charge in [-0.05, 0) is 0 Å². The van der Waals surface area contributed by atoms with Gasteiger partial charge in [0.1, 0.15) is 0 Å². The zero-order valence-corrected chi connectivity index (χ0v) is 11.0. The van der Waals surface area contributed by atoms with E-state index in [1.807, 2.05) is 13.8 Å². The number of aromatic amines is 1. The van der Waals surface area contributed by atoms with Gasteiger partial charge >= 0.3 is 7.60 Å². The molecule has 1 aromatic heterocycles. The Balaban J connectivity index is 0.00000137. The summed E-state index contributed by atoms with van der Waals surface area (Å²) in [5, 5.41) is 11.8. The van der Waals surface area contributed by atoms with Crippen molar-refractivity contribution < 1.29 is 24.4 Å². The number of carbonyl (C=O) groups is 1. The number of nitrogens with zero attached hydrogens (tertiary/aromatic N) is 2. The number of carbonyl (C=O) groups excluding carboxylic acids is 1. The van der Waals surface area contributed by atoms with E-state index in [1.165, 1.54) is 12.5 Å². The molecule has 1 aromatic rings. The Morgan fingerprint density at radius 2 is 2.17 bits per heavy atom. The van der Waals surface area contributed by atoms with E-state index in [0.717, 1.165) is 0 Å². The van der Waals surface area contributed by atoms with E-state index in [0.29, 0.717) is 5.06 Å². The average molecular weight is 280 g/mol. The number of nitrogens with one attached hydrogen (secondary N) is 2. The summed E-state index contributed by atoms with van der Waals surface area (Å²) < 4.78 is 10.4. The van der Waals surface area contributed by atoms with Gasteiger partial charge in [-0.25, -0.2) is 4.98 Å². The molecule has 0 saturated heterocycles. The largest absolute Gasteiger partial charge is 0.339 e. The fourth-order valence-electron chi connectivity index (χ4n) is 0.882.